The van der Waals surface area contributed by atoms with E-state index in [4.69, 9.17) is 4.74 Å². The summed E-state index contributed by atoms with van der Waals surface area (Å²) in [5.41, 5.74) is 0.749. The number of anilines is 1. The average Bonchev–Trinajstić information content (AvgIpc) is 3.21. The Morgan fingerprint density at radius 1 is 1.29 bits per heavy atom. The van der Waals surface area contributed by atoms with Gasteiger partial charge in [-0.25, -0.2) is 8.42 Å². The Kier molecular flexibility index (Phi) is 4.91. The fourth-order valence-electron chi connectivity index (χ4n) is 2.83. The molecule has 1 unspecified atom stereocenters. The second-order valence-electron chi connectivity index (χ2n) is 5.80. The molecule has 128 valence electrons. The van der Waals surface area contributed by atoms with Gasteiger partial charge in [0.2, 0.25) is 5.91 Å². The lowest BCUT2D eigenvalue weighted by Gasteiger charge is -2.25. The van der Waals surface area contributed by atoms with Crippen LogP contribution in [-0.2, 0) is 21.2 Å². The predicted molar refractivity (Wildman–Crippen MR) is 95.3 cm³/mol. The van der Waals surface area contributed by atoms with E-state index in [9.17, 15) is 13.2 Å². The first-order valence-electron chi connectivity index (χ1n) is 7.67. The zero-order valence-electron chi connectivity index (χ0n) is 13.3. The third-order valence-electron chi connectivity index (χ3n) is 4.13. The van der Waals surface area contributed by atoms with Crippen molar-refractivity contribution in [2.24, 2.45) is 5.92 Å². The molecule has 1 aromatic carbocycles. The van der Waals surface area contributed by atoms with Gasteiger partial charge in [-0.05, 0) is 42.1 Å². The molecule has 1 saturated heterocycles. The third kappa shape index (κ3) is 3.79. The van der Waals surface area contributed by atoms with Crippen LogP contribution in [0, 0.1) is 5.92 Å². The van der Waals surface area contributed by atoms with Crippen LogP contribution in [0.25, 0.3) is 0 Å². The maximum absolute atomic E-state index is 12.9. The van der Waals surface area contributed by atoms with Gasteiger partial charge < -0.3 is 9.64 Å². The molecule has 5 nitrogen and oxygen atoms in total. The van der Waals surface area contributed by atoms with Gasteiger partial charge in [0.1, 0.15) is 5.75 Å². The molecule has 1 aliphatic heterocycles. The summed E-state index contributed by atoms with van der Waals surface area (Å²) in [5.74, 6) is 0.166. The largest absolute Gasteiger partial charge is 0.497 e. The quantitative estimate of drug-likeness (QED) is 0.817. The Morgan fingerprint density at radius 3 is 2.58 bits per heavy atom. The van der Waals surface area contributed by atoms with Crippen molar-refractivity contribution in [3.8, 4) is 5.75 Å². The number of hydrogen-bond donors (Lipinski definition) is 0. The molecular weight excluding hydrogens is 346 g/mol. The van der Waals surface area contributed by atoms with Gasteiger partial charge in [-0.1, -0.05) is 6.07 Å². The minimum atomic E-state index is -3.09. The van der Waals surface area contributed by atoms with E-state index in [1.807, 2.05) is 29.6 Å². The van der Waals surface area contributed by atoms with Gasteiger partial charge in [-0.15, -0.1) is 11.3 Å². The number of benzene rings is 1. The van der Waals surface area contributed by atoms with Crippen molar-refractivity contribution in [1.29, 1.82) is 0 Å². The second-order valence-corrected chi connectivity index (χ2v) is 9.06. The van der Waals surface area contributed by atoms with Crippen LogP contribution in [0.2, 0.25) is 0 Å². The van der Waals surface area contributed by atoms with E-state index in [1.54, 1.807) is 35.5 Å². The number of sulfone groups is 1. The number of ether oxygens (including phenoxy) is 1. The molecule has 1 aliphatic rings. The number of amides is 1. The number of carbonyl (C=O) groups excluding carboxylic acids is 1. The molecule has 0 saturated carbocycles. The summed E-state index contributed by atoms with van der Waals surface area (Å²) in [6, 6.07) is 11.2. The lowest BCUT2D eigenvalue weighted by atomic mass is 10.1. The molecule has 0 radical (unpaired) electrons. The highest BCUT2D eigenvalue weighted by atomic mass is 32.2. The Hall–Kier alpha value is -1.86. The van der Waals surface area contributed by atoms with Crippen molar-refractivity contribution >= 4 is 32.8 Å². The Bertz CT molecular complexity index is 798. The van der Waals surface area contributed by atoms with Gasteiger partial charge in [0, 0.05) is 10.6 Å². The maximum atomic E-state index is 12.9. The van der Waals surface area contributed by atoms with Crippen LogP contribution in [0.15, 0.2) is 41.8 Å². The number of rotatable bonds is 5. The number of nitrogens with zero attached hydrogens (tertiary/aromatic N) is 1. The van der Waals surface area contributed by atoms with Gasteiger partial charge in [0.05, 0.1) is 31.1 Å². The SMILES string of the molecule is COc1ccc(N(Cc2cccs2)C(=O)C2CCS(=O)(=O)C2)cc1. The fourth-order valence-corrected chi connectivity index (χ4v) is 5.25. The normalized spacial score (nSPS) is 19.1. The van der Waals surface area contributed by atoms with Crippen LogP contribution in [0.4, 0.5) is 5.69 Å². The molecule has 0 spiro atoms. The second kappa shape index (κ2) is 6.94. The summed E-state index contributed by atoms with van der Waals surface area (Å²) in [4.78, 5) is 15.7. The number of methoxy groups -OCH3 is 1. The number of thiophene rings is 1. The summed E-state index contributed by atoms with van der Waals surface area (Å²) in [5, 5.41) is 1.96. The summed E-state index contributed by atoms with van der Waals surface area (Å²) in [7, 11) is -1.50. The minimum Gasteiger partial charge on any atom is -0.497 e. The van der Waals surface area contributed by atoms with Crippen LogP contribution >= 0.6 is 11.3 Å². The van der Waals surface area contributed by atoms with Gasteiger partial charge >= 0.3 is 0 Å². The van der Waals surface area contributed by atoms with Crippen LogP contribution in [-0.4, -0.2) is 32.9 Å². The molecule has 24 heavy (non-hydrogen) atoms. The highest BCUT2D eigenvalue weighted by molar-refractivity contribution is 7.91. The van der Waals surface area contributed by atoms with E-state index in [0.29, 0.717) is 18.7 Å². The molecule has 3 rings (SSSR count). The van der Waals surface area contributed by atoms with Gasteiger partial charge in [0.15, 0.2) is 9.84 Å². The van der Waals surface area contributed by atoms with E-state index in [2.05, 4.69) is 0 Å². The van der Waals surface area contributed by atoms with Gasteiger partial charge in [-0.3, -0.25) is 4.79 Å². The van der Waals surface area contributed by atoms with E-state index in [0.717, 1.165) is 10.6 Å². The standard InChI is InChI=1S/C17H19NO4S2/c1-22-15-6-4-14(5-7-15)18(11-16-3-2-9-23-16)17(19)13-8-10-24(20,21)12-13/h2-7,9,13H,8,10-12H2,1H3. The molecule has 0 aliphatic carbocycles. The molecule has 1 atom stereocenters. The predicted octanol–water partition coefficient (Wildman–Crippen LogP) is 2.72. The molecule has 7 heteroatoms. The van der Waals surface area contributed by atoms with Crippen molar-refractivity contribution < 1.29 is 17.9 Å². The first kappa shape index (κ1) is 17.0. The Balaban J connectivity index is 1.87. The van der Waals surface area contributed by atoms with Crippen LogP contribution in [0.5, 0.6) is 5.75 Å². The van der Waals surface area contributed by atoms with Crippen molar-refractivity contribution in [3.63, 3.8) is 0 Å². The van der Waals surface area contributed by atoms with Crippen LogP contribution < -0.4 is 9.64 Å². The van der Waals surface area contributed by atoms with Crippen LogP contribution in [0.1, 0.15) is 11.3 Å². The fraction of sp³-hybridized carbons (Fsp3) is 0.353. The summed E-state index contributed by atoms with van der Waals surface area (Å²) < 4.78 is 28.6. The molecule has 2 heterocycles. The Morgan fingerprint density at radius 2 is 2.04 bits per heavy atom. The number of hydrogen-bond acceptors (Lipinski definition) is 5. The average molecular weight is 365 g/mol. The first-order chi connectivity index (χ1) is 11.5. The smallest absolute Gasteiger partial charge is 0.231 e. The van der Waals surface area contributed by atoms with E-state index in [-0.39, 0.29) is 17.4 Å². The van der Waals surface area contributed by atoms with Crippen molar-refractivity contribution in [1.82, 2.24) is 0 Å². The van der Waals surface area contributed by atoms with Crippen molar-refractivity contribution in [2.75, 3.05) is 23.5 Å². The van der Waals surface area contributed by atoms with Gasteiger partial charge in [-0.2, -0.15) is 0 Å². The highest BCUT2D eigenvalue weighted by Crippen LogP contribution is 2.28. The minimum absolute atomic E-state index is 0.0527. The maximum Gasteiger partial charge on any atom is 0.231 e. The first-order valence-corrected chi connectivity index (χ1v) is 10.4. The highest BCUT2D eigenvalue weighted by Gasteiger charge is 2.36. The van der Waals surface area contributed by atoms with E-state index in [1.165, 1.54) is 0 Å². The lowest BCUT2D eigenvalue weighted by molar-refractivity contribution is -0.121. The summed E-state index contributed by atoms with van der Waals surface area (Å²) in [6.45, 7) is 0.444. The molecule has 1 fully saturated rings. The zero-order chi connectivity index (χ0) is 17.2. The van der Waals surface area contributed by atoms with E-state index < -0.39 is 15.8 Å². The third-order valence-corrected chi connectivity index (χ3v) is 6.75. The van der Waals surface area contributed by atoms with Crippen molar-refractivity contribution in [2.45, 2.75) is 13.0 Å². The monoisotopic (exact) mass is 365 g/mol. The van der Waals surface area contributed by atoms with E-state index >= 15 is 0 Å². The molecule has 0 bridgehead atoms. The molecule has 2 aromatic rings. The molecular formula is C17H19NO4S2. The summed E-state index contributed by atoms with van der Waals surface area (Å²) >= 11 is 1.58. The van der Waals surface area contributed by atoms with Crippen molar-refractivity contribution in [3.05, 3.63) is 46.7 Å². The molecule has 0 N–H and O–H groups in total. The topological polar surface area (TPSA) is 63.7 Å². The Labute approximate surface area is 145 Å². The number of carbonyl (C=O) groups is 1. The summed E-state index contributed by atoms with van der Waals surface area (Å²) in [6.07, 6.45) is 0.401. The molecule has 1 amide bonds. The van der Waals surface area contributed by atoms with Crippen LogP contribution in [0.3, 0.4) is 0 Å². The van der Waals surface area contributed by atoms with Gasteiger partial charge in [0.25, 0.3) is 0 Å². The molecule has 1 aromatic heterocycles. The zero-order valence-corrected chi connectivity index (χ0v) is 15.0. The lowest BCUT2D eigenvalue weighted by Crippen LogP contribution is -2.36.